The second-order valence-electron chi connectivity index (χ2n) is 6.97. The van der Waals surface area contributed by atoms with Crippen LogP contribution in [0.1, 0.15) is 24.0 Å². The summed E-state index contributed by atoms with van der Waals surface area (Å²) in [6.07, 6.45) is 4.63. The van der Waals surface area contributed by atoms with Gasteiger partial charge in [0.15, 0.2) is 17.1 Å². The zero-order chi connectivity index (χ0) is 20.0. The molecule has 0 bridgehead atoms. The van der Waals surface area contributed by atoms with Crippen molar-refractivity contribution in [3.8, 4) is 11.5 Å². The molecular formula is C21H27N3O4. The summed E-state index contributed by atoms with van der Waals surface area (Å²) >= 11 is 0. The number of pyridine rings is 1. The van der Waals surface area contributed by atoms with Crippen LogP contribution in [-0.4, -0.2) is 53.8 Å². The molecule has 7 nitrogen and oxygen atoms in total. The Balaban J connectivity index is 1.66. The molecule has 3 rings (SSSR count). The first-order chi connectivity index (χ1) is 13.6. The highest BCUT2D eigenvalue weighted by Crippen LogP contribution is 2.33. The van der Waals surface area contributed by atoms with Crippen molar-refractivity contribution in [3.63, 3.8) is 0 Å². The van der Waals surface area contributed by atoms with Crippen molar-refractivity contribution < 1.29 is 19.4 Å². The van der Waals surface area contributed by atoms with Crippen molar-refractivity contribution in [2.45, 2.75) is 31.5 Å². The fourth-order valence-electron chi connectivity index (χ4n) is 3.58. The number of benzene rings is 1. The lowest BCUT2D eigenvalue weighted by atomic mass is 9.91. The number of nitrogens with zero attached hydrogens (tertiary/aromatic N) is 2. The molecule has 1 aromatic carbocycles. The molecule has 0 spiro atoms. The number of aromatic nitrogens is 1. The van der Waals surface area contributed by atoms with Crippen LogP contribution < -0.4 is 14.8 Å². The Morgan fingerprint density at radius 2 is 2.00 bits per heavy atom. The van der Waals surface area contributed by atoms with Crippen LogP contribution in [0.4, 0.5) is 0 Å². The highest BCUT2D eigenvalue weighted by molar-refractivity contribution is 5.86. The van der Waals surface area contributed by atoms with Gasteiger partial charge in [0.05, 0.1) is 14.2 Å². The van der Waals surface area contributed by atoms with Crippen LogP contribution in [0.15, 0.2) is 42.7 Å². The third kappa shape index (κ3) is 4.43. The first-order valence-electron chi connectivity index (χ1n) is 9.38. The normalized spacial score (nSPS) is 19.5. The molecule has 2 aromatic rings. The van der Waals surface area contributed by atoms with E-state index in [-0.39, 0.29) is 12.5 Å². The topological polar surface area (TPSA) is 83.9 Å². The van der Waals surface area contributed by atoms with E-state index >= 15 is 0 Å². The molecule has 0 aliphatic carbocycles. The van der Waals surface area contributed by atoms with E-state index in [2.05, 4.69) is 10.3 Å². The highest BCUT2D eigenvalue weighted by Gasteiger charge is 2.42. The largest absolute Gasteiger partial charge is 0.493 e. The molecule has 1 aliphatic rings. The second-order valence-corrected chi connectivity index (χ2v) is 6.97. The molecule has 0 radical (unpaired) electrons. The molecule has 0 unspecified atom stereocenters. The second kappa shape index (κ2) is 9.03. The van der Waals surface area contributed by atoms with Crippen molar-refractivity contribution >= 4 is 5.91 Å². The van der Waals surface area contributed by atoms with Crippen LogP contribution >= 0.6 is 0 Å². The lowest BCUT2D eigenvalue weighted by Crippen LogP contribution is -2.57. The Morgan fingerprint density at radius 3 is 2.71 bits per heavy atom. The molecule has 1 amide bonds. The number of methoxy groups -OCH3 is 2. The predicted octanol–water partition coefficient (Wildman–Crippen LogP) is 1.74. The van der Waals surface area contributed by atoms with Gasteiger partial charge in [0.25, 0.3) is 5.91 Å². The van der Waals surface area contributed by atoms with E-state index in [9.17, 15) is 9.90 Å². The molecule has 1 aliphatic heterocycles. The number of rotatable bonds is 8. The van der Waals surface area contributed by atoms with E-state index in [0.29, 0.717) is 37.6 Å². The Kier molecular flexibility index (Phi) is 6.49. The van der Waals surface area contributed by atoms with Crippen LogP contribution in [0.5, 0.6) is 11.5 Å². The summed E-state index contributed by atoms with van der Waals surface area (Å²) in [7, 11) is 3.17. The summed E-state index contributed by atoms with van der Waals surface area (Å²) in [6, 6.07) is 9.40. The maximum Gasteiger partial charge on any atom is 0.256 e. The average molecular weight is 385 g/mol. The van der Waals surface area contributed by atoms with Gasteiger partial charge >= 0.3 is 0 Å². The molecule has 1 saturated heterocycles. The first-order valence-corrected chi connectivity index (χ1v) is 9.38. The lowest BCUT2D eigenvalue weighted by molar-refractivity contribution is -0.157. The molecule has 0 saturated carbocycles. The standard InChI is InChI=1S/C21H27N3O4/c1-27-18-6-3-5-17(19(18)28-2)14-24-12-4-9-21(26,20(24)25)15-23-13-16-7-10-22-11-8-16/h3,5-8,10-11,23,26H,4,9,12-15H2,1-2H3/t21-/m0/s1. The lowest BCUT2D eigenvalue weighted by Gasteiger charge is -2.38. The van der Waals surface area contributed by atoms with Gasteiger partial charge < -0.3 is 24.8 Å². The van der Waals surface area contributed by atoms with Gasteiger partial charge in [-0.2, -0.15) is 0 Å². The van der Waals surface area contributed by atoms with E-state index in [1.807, 2.05) is 30.3 Å². The van der Waals surface area contributed by atoms with E-state index in [4.69, 9.17) is 9.47 Å². The molecule has 2 N–H and O–H groups in total. The van der Waals surface area contributed by atoms with E-state index in [0.717, 1.165) is 17.5 Å². The van der Waals surface area contributed by atoms with E-state index in [1.165, 1.54) is 0 Å². The summed E-state index contributed by atoms with van der Waals surface area (Å²) in [5.74, 6) is 0.979. The monoisotopic (exact) mass is 385 g/mol. The van der Waals surface area contributed by atoms with Gasteiger partial charge in [0.2, 0.25) is 0 Å². The zero-order valence-corrected chi connectivity index (χ0v) is 16.4. The third-order valence-corrected chi connectivity index (χ3v) is 5.05. The molecule has 2 heterocycles. The van der Waals surface area contributed by atoms with Gasteiger partial charge in [-0.3, -0.25) is 9.78 Å². The quantitative estimate of drug-likeness (QED) is 0.720. The molecule has 1 fully saturated rings. The van der Waals surface area contributed by atoms with Gasteiger partial charge in [-0.05, 0) is 36.6 Å². The number of para-hydroxylation sites is 1. The molecular weight excluding hydrogens is 358 g/mol. The number of hydrogen-bond acceptors (Lipinski definition) is 6. The van der Waals surface area contributed by atoms with Crippen LogP contribution in [0.3, 0.4) is 0 Å². The summed E-state index contributed by atoms with van der Waals surface area (Å²) in [5.41, 5.74) is 0.501. The van der Waals surface area contributed by atoms with Gasteiger partial charge in [-0.15, -0.1) is 0 Å². The van der Waals surface area contributed by atoms with Gasteiger partial charge in [0, 0.05) is 44.1 Å². The maximum atomic E-state index is 13.0. The predicted molar refractivity (Wildman–Crippen MR) is 105 cm³/mol. The average Bonchev–Trinajstić information content (AvgIpc) is 2.72. The van der Waals surface area contributed by atoms with Crippen molar-refractivity contribution in [1.82, 2.24) is 15.2 Å². The Morgan fingerprint density at radius 1 is 1.21 bits per heavy atom. The molecule has 150 valence electrons. The number of ether oxygens (including phenoxy) is 2. The number of piperidine rings is 1. The summed E-state index contributed by atoms with van der Waals surface area (Å²) in [6.45, 7) is 1.75. The van der Waals surface area contributed by atoms with Gasteiger partial charge in [-0.25, -0.2) is 0 Å². The van der Waals surface area contributed by atoms with E-state index < -0.39 is 5.60 Å². The van der Waals surface area contributed by atoms with Crippen molar-refractivity contribution in [3.05, 3.63) is 53.9 Å². The Bertz CT molecular complexity index is 799. The number of likely N-dealkylation sites (tertiary alicyclic amines) is 1. The van der Waals surface area contributed by atoms with Crippen LogP contribution in [0.2, 0.25) is 0 Å². The van der Waals surface area contributed by atoms with Crippen molar-refractivity contribution in [2.75, 3.05) is 27.3 Å². The van der Waals surface area contributed by atoms with Gasteiger partial charge in [0.1, 0.15) is 0 Å². The number of carbonyl (C=O) groups excluding carboxylic acids is 1. The van der Waals surface area contributed by atoms with Gasteiger partial charge in [-0.1, -0.05) is 12.1 Å². The Labute approximate surface area is 165 Å². The molecule has 1 atom stereocenters. The zero-order valence-electron chi connectivity index (χ0n) is 16.4. The minimum absolute atomic E-state index is 0.208. The minimum atomic E-state index is -1.41. The summed E-state index contributed by atoms with van der Waals surface area (Å²) in [5, 5.41) is 14.2. The summed E-state index contributed by atoms with van der Waals surface area (Å²) < 4.78 is 10.8. The number of nitrogens with one attached hydrogen (secondary N) is 1. The minimum Gasteiger partial charge on any atom is -0.493 e. The third-order valence-electron chi connectivity index (χ3n) is 5.05. The van der Waals surface area contributed by atoms with Crippen molar-refractivity contribution in [1.29, 1.82) is 0 Å². The van der Waals surface area contributed by atoms with Crippen LogP contribution in [0, 0.1) is 0 Å². The fourth-order valence-corrected chi connectivity index (χ4v) is 3.58. The molecule has 7 heteroatoms. The van der Waals surface area contributed by atoms with Crippen molar-refractivity contribution in [2.24, 2.45) is 0 Å². The smallest absolute Gasteiger partial charge is 0.256 e. The fraction of sp³-hybridized carbons (Fsp3) is 0.429. The number of carbonyl (C=O) groups is 1. The number of amides is 1. The maximum absolute atomic E-state index is 13.0. The number of aliphatic hydroxyl groups is 1. The van der Waals surface area contributed by atoms with E-state index in [1.54, 1.807) is 31.5 Å². The number of hydrogen-bond donors (Lipinski definition) is 2. The first kappa shape index (κ1) is 20.1. The molecule has 28 heavy (non-hydrogen) atoms. The highest BCUT2D eigenvalue weighted by atomic mass is 16.5. The summed E-state index contributed by atoms with van der Waals surface area (Å²) in [4.78, 5) is 18.7. The van der Waals surface area contributed by atoms with Crippen LogP contribution in [-0.2, 0) is 17.9 Å². The van der Waals surface area contributed by atoms with Crippen LogP contribution in [0.25, 0.3) is 0 Å². The Hall–Kier alpha value is -2.64. The SMILES string of the molecule is COc1cccc(CN2CCC[C@](O)(CNCc3ccncc3)C2=O)c1OC. The molecule has 1 aromatic heterocycles.